The quantitative estimate of drug-likeness (QED) is 0.853. The van der Waals surface area contributed by atoms with Crippen molar-refractivity contribution in [3.63, 3.8) is 0 Å². The first-order valence-corrected chi connectivity index (χ1v) is 6.01. The van der Waals surface area contributed by atoms with E-state index in [4.69, 9.17) is 11.6 Å². The van der Waals surface area contributed by atoms with Crippen molar-refractivity contribution in [1.29, 1.82) is 0 Å². The normalized spacial score (nSPS) is 20.0. The summed E-state index contributed by atoms with van der Waals surface area (Å²) in [7, 11) is 0. The molecule has 1 aliphatic heterocycles. The minimum absolute atomic E-state index is 0.0952. The van der Waals surface area contributed by atoms with Gasteiger partial charge in [-0.25, -0.2) is 4.39 Å². The lowest BCUT2D eigenvalue weighted by molar-refractivity contribution is -0.120. The van der Waals surface area contributed by atoms with Gasteiger partial charge in [-0.15, -0.1) is 0 Å². The van der Waals surface area contributed by atoms with E-state index in [-0.39, 0.29) is 17.5 Å². The Morgan fingerprint density at radius 3 is 3.06 bits per heavy atom. The fraction of sp³-hybridized carbons (Fsp3) is 0.417. The number of nitrogens with one attached hydrogen (secondary N) is 2. The number of piperidine rings is 1. The van der Waals surface area contributed by atoms with Crippen molar-refractivity contribution in [2.45, 2.75) is 12.8 Å². The third-order valence-electron chi connectivity index (χ3n) is 2.85. The van der Waals surface area contributed by atoms with Gasteiger partial charge in [0, 0.05) is 11.6 Å². The molecule has 0 saturated carbocycles. The summed E-state index contributed by atoms with van der Waals surface area (Å²) in [4.78, 5) is 11.9. The Bertz CT molecular complexity index is 419. The van der Waals surface area contributed by atoms with Crippen LogP contribution in [0.1, 0.15) is 12.8 Å². The number of carbonyl (C=O) groups is 1. The third-order valence-corrected chi connectivity index (χ3v) is 3.09. The summed E-state index contributed by atoms with van der Waals surface area (Å²) in [5.41, 5.74) is 0.146. The molecule has 5 heteroatoms. The first-order chi connectivity index (χ1) is 8.16. The lowest BCUT2D eigenvalue weighted by Crippen LogP contribution is -2.37. The molecule has 1 aliphatic rings. The zero-order valence-electron chi connectivity index (χ0n) is 9.30. The van der Waals surface area contributed by atoms with Crippen molar-refractivity contribution in [2.75, 3.05) is 18.4 Å². The van der Waals surface area contributed by atoms with Crippen LogP contribution >= 0.6 is 11.6 Å². The average molecular weight is 257 g/mol. The zero-order valence-corrected chi connectivity index (χ0v) is 10.1. The Kier molecular flexibility index (Phi) is 3.97. The second kappa shape index (κ2) is 5.47. The van der Waals surface area contributed by atoms with Gasteiger partial charge in [-0.2, -0.15) is 0 Å². The van der Waals surface area contributed by atoms with E-state index in [1.807, 2.05) is 0 Å². The van der Waals surface area contributed by atoms with Crippen LogP contribution in [0.5, 0.6) is 0 Å². The van der Waals surface area contributed by atoms with E-state index in [0.717, 1.165) is 19.4 Å². The SMILES string of the molecule is O=C(Nc1cc(Cl)ccc1F)[C@@H]1CCCNC1. The Morgan fingerprint density at radius 1 is 1.53 bits per heavy atom. The summed E-state index contributed by atoms with van der Waals surface area (Å²) in [6.07, 6.45) is 1.80. The molecule has 1 atom stereocenters. The highest BCUT2D eigenvalue weighted by molar-refractivity contribution is 6.30. The van der Waals surface area contributed by atoms with Crippen LogP contribution in [0, 0.1) is 11.7 Å². The second-order valence-electron chi connectivity index (χ2n) is 4.16. The maximum atomic E-state index is 13.4. The number of carbonyl (C=O) groups excluding carboxylic acids is 1. The summed E-state index contributed by atoms with van der Waals surface area (Å²) in [6, 6.07) is 4.12. The predicted molar refractivity (Wildman–Crippen MR) is 65.6 cm³/mol. The molecule has 1 amide bonds. The summed E-state index contributed by atoms with van der Waals surface area (Å²) in [5, 5.41) is 6.14. The van der Waals surface area contributed by atoms with Crippen LogP contribution in [0.3, 0.4) is 0 Å². The van der Waals surface area contributed by atoms with Gasteiger partial charge in [0.2, 0.25) is 5.91 Å². The predicted octanol–water partition coefficient (Wildman–Crippen LogP) is 2.42. The van der Waals surface area contributed by atoms with Crippen LogP contribution in [0.2, 0.25) is 5.02 Å². The van der Waals surface area contributed by atoms with Gasteiger partial charge in [-0.1, -0.05) is 11.6 Å². The third kappa shape index (κ3) is 3.17. The van der Waals surface area contributed by atoms with Crippen LogP contribution in [0.4, 0.5) is 10.1 Å². The minimum Gasteiger partial charge on any atom is -0.323 e. The summed E-state index contributed by atoms with van der Waals surface area (Å²) in [6.45, 7) is 1.59. The molecule has 92 valence electrons. The zero-order chi connectivity index (χ0) is 12.3. The molecule has 2 N–H and O–H groups in total. The number of amides is 1. The molecule has 1 aromatic rings. The number of benzene rings is 1. The Morgan fingerprint density at radius 2 is 2.35 bits per heavy atom. The van der Waals surface area contributed by atoms with Crippen LogP contribution in [-0.4, -0.2) is 19.0 Å². The second-order valence-corrected chi connectivity index (χ2v) is 4.59. The highest BCUT2D eigenvalue weighted by Crippen LogP contribution is 2.21. The number of rotatable bonds is 2. The molecule has 1 fully saturated rings. The Hall–Kier alpha value is -1.13. The van der Waals surface area contributed by atoms with Gasteiger partial charge in [-0.3, -0.25) is 4.79 Å². The number of anilines is 1. The van der Waals surface area contributed by atoms with E-state index in [1.165, 1.54) is 18.2 Å². The van der Waals surface area contributed by atoms with Gasteiger partial charge in [0.15, 0.2) is 0 Å². The largest absolute Gasteiger partial charge is 0.323 e. The van der Waals surface area contributed by atoms with Gasteiger partial charge in [0.05, 0.1) is 11.6 Å². The Balaban J connectivity index is 2.04. The Labute approximate surface area is 104 Å². The monoisotopic (exact) mass is 256 g/mol. The number of halogens is 2. The standard InChI is InChI=1S/C12H14ClFN2O/c13-9-3-4-10(14)11(6-9)16-12(17)8-2-1-5-15-7-8/h3-4,6,8,15H,1-2,5,7H2,(H,16,17)/t8-/m1/s1. The molecule has 1 heterocycles. The fourth-order valence-electron chi connectivity index (χ4n) is 1.90. The van der Waals surface area contributed by atoms with E-state index in [1.54, 1.807) is 0 Å². The van der Waals surface area contributed by atoms with Crippen molar-refractivity contribution < 1.29 is 9.18 Å². The molecular formula is C12H14ClFN2O. The molecule has 3 nitrogen and oxygen atoms in total. The lowest BCUT2D eigenvalue weighted by atomic mass is 9.99. The van der Waals surface area contributed by atoms with Crippen molar-refractivity contribution >= 4 is 23.2 Å². The first-order valence-electron chi connectivity index (χ1n) is 5.63. The lowest BCUT2D eigenvalue weighted by Gasteiger charge is -2.22. The number of hydrogen-bond acceptors (Lipinski definition) is 2. The smallest absolute Gasteiger partial charge is 0.228 e. The van der Waals surface area contributed by atoms with Crippen LogP contribution < -0.4 is 10.6 Å². The summed E-state index contributed by atoms with van der Waals surface area (Å²) in [5.74, 6) is -0.716. The number of hydrogen-bond donors (Lipinski definition) is 2. The van der Waals surface area contributed by atoms with Crippen LogP contribution in [0.25, 0.3) is 0 Å². The highest BCUT2D eigenvalue weighted by Gasteiger charge is 2.21. The van der Waals surface area contributed by atoms with E-state index < -0.39 is 5.82 Å². The van der Waals surface area contributed by atoms with Gasteiger partial charge >= 0.3 is 0 Å². The fourth-order valence-corrected chi connectivity index (χ4v) is 2.08. The minimum atomic E-state index is -0.466. The van der Waals surface area contributed by atoms with Gasteiger partial charge in [-0.05, 0) is 37.6 Å². The molecule has 1 saturated heterocycles. The van der Waals surface area contributed by atoms with Crippen molar-refractivity contribution in [1.82, 2.24) is 5.32 Å². The molecule has 0 radical (unpaired) electrons. The van der Waals surface area contributed by atoms with Crippen molar-refractivity contribution in [3.05, 3.63) is 29.0 Å². The van der Waals surface area contributed by atoms with Gasteiger partial charge < -0.3 is 10.6 Å². The summed E-state index contributed by atoms with van der Waals surface area (Å²) < 4.78 is 13.4. The van der Waals surface area contributed by atoms with Gasteiger partial charge in [0.25, 0.3) is 0 Å². The van der Waals surface area contributed by atoms with Crippen LogP contribution in [-0.2, 0) is 4.79 Å². The molecule has 0 aliphatic carbocycles. The van der Waals surface area contributed by atoms with Gasteiger partial charge in [0.1, 0.15) is 5.82 Å². The van der Waals surface area contributed by atoms with E-state index >= 15 is 0 Å². The molecule has 0 aromatic heterocycles. The molecular weight excluding hydrogens is 243 g/mol. The van der Waals surface area contributed by atoms with E-state index in [9.17, 15) is 9.18 Å². The molecule has 1 aromatic carbocycles. The molecule has 0 spiro atoms. The van der Waals surface area contributed by atoms with Crippen LogP contribution in [0.15, 0.2) is 18.2 Å². The maximum Gasteiger partial charge on any atom is 0.228 e. The van der Waals surface area contributed by atoms with E-state index in [2.05, 4.69) is 10.6 Å². The molecule has 0 unspecified atom stereocenters. The topological polar surface area (TPSA) is 41.1 Å². The molecule has 17 heavy (non-hydrogen) atoms. The average Bonchev–Trinajstić information content (AvgIpc) is 2.35. The highest BCUT2D eigenvalue weighted by atomic mass is 35.5. The van der Waals surface area contributed by atoms with Crippen molar-refractivity contribution in [3.8, 4) is 0 Å². The molecule has 2 rings (SSSR count). The molecule has 0 bridgehead atoms. The maximum absolute atomic E-state index is 13.4. The first kappa shape index (κ1) is 12.3. The summed E-state index contributed by atoms with van der Waals surface area (Å²) >= 11 is 5.76. The van der Waals surface area contributed by atoms with Crippen molar-refractivity contribution in [2.24, 2.45) is 5.92 Å². The van der Waals surface area contributed by atoms with E-state index in [0.29, 0.717) is 11.6 Å².